The molecule has 0 spiro atoms. The summed E-state index contributed by atoms with van der Waals surface area (Å²) in [7, 11) is 0. The molecule has 2 unspecified atom stereocenters. The average Bonchev–Trinajstić information content (AvgIpc) is 3.01. The van der Waals surface area contributed by atoms with Gasteiger partial charge in [-0.2, -0.15) is 0 Å². The fourth-order valence-electron chi connectivity index (χ4n) is 3.53. The first-order valence-corrected chi connectivity index (χ1v) is 7.67. The lowest BCUT2D eigenvalue weighted by Crippen LogP contribution is -2.31. The summed E-state index contributed by atoms with van der Waals surface area (Å²) in [4.78, 5) is 22.5. The summed E-state index contributed by atoms with van der Waals surface area (Å²) >= 11 is 11.8. The van der Waals surface area contributed by atoms with Crippen molar-refractivity contribution in [3.63, 3.8) is 0 Å². The highest BCUT2D eigenvalue weighted by molar-refractivity contribution is 6.42. The third-order valence-electron chi connectivity index (χ3n) is 4.57. The Morgan fingerprint density at radius 1 is 1.14 bits per heavy atom. The molecule has 0 radical (unpaired) electrons. The van der Waals surface area contributed by atoms with Crippen LogP contribution >= 0.6 is 23.2 Å². The fourth-order valence-corrected chi connectivity index (χ4v) is 3.85. The first-order valence-electron chi connectivity index (χ1n) is 6.91. The molecular weight excluding hydrogens is 331 g/mol. The quantitative estimate of drug-likeness (QED) is 0.857. The molecule has 3 rings (SSSR count). The maximum absolute atomic E-state index is 11.4. The molecule has 0 aromatic heterocycles. The number of carboxylic acid groups (broad SMARTS) is 2. The van der Waals surface area contributed by atoms with Crippen LogP contribution in [0.3, 0.4) is 0 Å². The van der Waals surface area contributed by atoms with Crippen molar-refractivity contribution in [2.75, 3.05) is 0 Å². The standard InChI is InChI=1S/C15H14Cl2O5/c16-8-2-1-6(3-9(8)17)5-22-10-4-7-11(12(7)14(18)19)13(10)15(20)21/h1-3,7,10-13H,4-5H2,(H,18,19)(H,20,21)/t7-,10?,11+,12?,13-/m1/s1. The Bertz CT molecular complexity index is 632. The van der Waals surface area contributed by atoms with Gasteiger partial charge in [0.1, 0.15) is 0 Å². The molecule has 1 aromatic carbocycles. The molecule has 2 saturated carbocycles. The summed E-state index contributed by atoms with van der Waals surface area (Å²) in [5.74, 6) is -3.59. The number of aliphatic carboxylic acids is 2. The van der Waals surface area contributed by atoms with E-state index in [4.69, 9.17) is 33.0 Å². The summed E-state index contributed by atoms with van der Waals surface area (Å²) < 4.78 is 5.71. The molecule has 0 saturated heterocycles. The number of halogens is 2. The Balaban J connectivity index is 1.65. The van der Waals surface area contributed by atoms with E-state index >= 15 is 0 Å². The molecule has 2 fully saturated rings. The van der Waals surface area contributed by atoms with E-state index in [9.17, 15) is 14.7 Å². The number of hydrogen-bond acceptors (Lipinski definition) is 3. The normalized spacial score (nSPS) is 32.5. The van der Waals surface area contributed by atoms with E-state index < -0.39 is 29.9 Å². The third-order valence-corrected chi connectivity index (χ3v) is 5.31. The number of hydrogen-bond donors (Lipinski definition) is 2. The van der Waals surface area contributed by atoms with Crippen molar-refractivity contribution in [3.05, 3.63) is 33.8 Å². The highest BCUT2D eigenvalue weighted by atomic mass is 35.5. The third kappa shape index (κ3) is 2.69. The van der Waals surface area contributed by atoms with Gasteiger partial charge in [0, 0.05) is 0 Å². The lowest BCUT2D eigenvalue weighted by Gasteiger charge is -2.21. The van der Waals surface area contributed by atoms with E-state index in [2.05, 4.69) is 0 Å². The van der Waals surface area contributed by atoms with Gasteiger partial charge < -0.3 is 14.9 Å². The Kier molecular flexibility index (Phi) is 4.05. The van der Waals surface area contributed by atoms with Gasteiger partial charge in [-0.05, 0) is 36.0 Å². The second kappa shape index (κ2) is 5.72. The van der Waals surface area contributed by atoms with Gasteiger partial charge >= 0.3 is 11.9 Å². The minimum atomic E-state index is -0.990. The molecule has 1 aromatic rings. The Morgan fingerprint density at radius 2 is 1.82 bits per heavy atom. The molecule has 0 bridgehead atoms. The van der Waals surface area contributed by atoms with Crippen LogP contribution in [0.2, 0.25) is 10.0 Å². The second-order valence-corrected chi connectivity index (χ2v) is 6.62. The van der Waals surface area contributed by atoms with Crippen molar-refractivity contribution in [1.29, 1.82) is 0 Å². The average molecular weight is 345 g/mol. The zero-order chi connectivity index (χ0) is 16.0. The molecule has 2 aliphatic carbocycles. The van der Waals surface area contributed by atoms with Crippen LogP contribution in [0.5, 0.6) is 0 Å². The Hall–Kier alpha value is -1.30. The predicted octanol–water partition coefficient (Wildman–Crippen LogP) is 2.93. The van der Waals surface area contributed by atoms with Crippen LogP contribution in [-0.2, 0) is 20.9 Å². The monoisotopic (exact) mass is 344 g/mol. The van der Waals surface area contributed by atoms with Gasteiger partial charge in [0.2, 0.25) is 0 Å². The van der Waals surface area contributed by atoms with Crippen LogP contribution in [0.1, 0.15) is 12.0 Å². The van der Waals surface area contributed by atoms with E-state index in [-0.39, 0.29) is 18.4 Å². The topological polar surface area (TPSA) is 83.8 Å². The van der Waals surface area contributed by atoms with E-state index in [1.54, 1.807) is 18.2 Å². The number of rotatable bonds is 5. The molecule has 0 amide bonds. The zero-order valence-corrected chi connectivity index (χ0v) is 12.9. The van der Waals surface area contributed by atoms with Crippen LogP contribution < -0.4 is 0 Å². The lowest BCUT2D eigenvalue weighted by molar-refractivity contribution is -0.149. The maximum Gasteiger partial charge on any atom is 0.309 e. The molecule has 2 aliphatic rings. The first kappa shape index (κ1) is 15.6. The lowest BCUT2D eigenvalue weighted by atomic mass is 9.97. The van der Waals surface area contributed by atoms with Crippen LogP contribution in [0, 0.1) is 23.7 Å². The first-order chi connectivity index (χ1) is 10.4. The number of carbonyl (C=O) groups is 2. The van der Waals surface area contributed by atoms with Crippen molar-refractivity contribution < 1.29 is 24.5 Å². The van der Waals surface area contributed by atoms with Crippen molar-refractivity contribution in [3.8, 4) is 0 Å². The van der Waals surface area contributed by atoms with E-state index in [1.807, 2.05) is 0 Å². The molecule has 118 valence electrons. The van der Waals surface area contributed by atoms with Gasteiger partial charge in [-0.25, -0.2) is 0 Å². The van der Waals surface area contributed by atoms with Gasteiger partial charge in [0.05, 0.1) is 34.6 Å². The van der Waals surface area contributed by atoms with Crippen molar-refractivity contribution >= 4 is 35.1 Å². The highest BCUT2D eigenvalue weighted by Crippen LogP contribution is 2.61. The van der Waals surface area contributed by atoms with Crippen LogP contribution in [0.15, 0.2) is 18.2 Å². The number of benzene rings is 1. The summed E-state index contributed by atoms with van der Waals surface area (Å²) in [5.41, 5.74) is 0.800. The Morgan fingerprint density at radius 3 is 2.41 bits per heavy atom. The fraction of sp³-hybridized carbons (Fsp3) is 0.467. The van der Waals surface area contributed by atoms with Crippen molar-refractivity contribution in [1.82, 2.24) is 0 Å². The van der Waals surface area contributed by atoms with Crippen LogP contribution in [-0.4, -0.2) is 28.3 Å². The number of ether oxygens (including phenoxy) is 1. The zero-order valence-electron chi connectivity index (χ0n) is 11.4. The van der Waals surface area contributed by atoms with E-state index in [0.717, 1.165) is 5.56 Å². The molecule has 0 heterocycles. The summed E-state index contributed by atoms with van der Waals surface area (Å²) in [6.45, 7) is 0.225. The largest absolute Gasteiger partial charge is 0.481 e. The van der Waals surface area contributed by atoms with Gasteiger partial charge in [-0.15, -0.1) is 0 Å². The smallest absolute Gasteiger partial charge is 0.309 e. The highest BCUT2D eigenvalue weighted by Gasteiger charge is 2.67. The number of carboxylic acids is 2. The molecular formula is C15H14Cl2O5. The molecule has 22 heavy (non-hydrogen) atoms. The van der Waals surface area contributed by atoms with Crippen molar-refractivity contribution in [2.24, 2.45) is 23.7 Å². The van der Waals surface area contributed by atoms with Gasteiger partial charge in [0.15, 0.2) is 0 Å². The van der Waals surface area contributed by atoms with E-state index in [0.29, 0.717) is 16.5 Å². The molecule has 5 atom stereocenters. The molecule has 2 N–H and O–H groups in total. The molecule has 0 aliphatic heterocycles. The van der Waals surface area contributed by atoms with Gasteiger partial charge in [-0.1, -0.05) is 29.3 Å². The molecule has 7 heteroatoms. The second-order valence-electron chi connectivity index (χ2n) is 5.80. The maximum atomic E-state index is 11.4. The minimum Gasteiger partial charge on any atom is -0.481 e. The van der Waals surface area contributed by atoms with E-state index in [1.165, 1.54) is 0 Å². The SMILES string of the molecule is O=C(O)C1[C@H]2[C@H](C(=O)O)C(OCc3ccc(Cl)c(Cl)c3)C[C@@H]12. The van der Waals surface area contributed by atoms with Crippen molar-refractivity contribution in [2.45, 2.75) is 19.1 Å². The van der Waals surface area contributed by atoms with Gasteiger partial charge in [-0.3, -0.25) is 9.59 Å². The number of fused-ring (bicyclic) bond motifs is 1. The molecule has 5 nitrogen and oxygen atoms in total. The van der Waals surface area contributed by atoms with Gasteiger partial charge in [0.25, 0.3) is 0 Å². The van der Waals surface area contributed by atoms with Crippen LogP contribution in [0.25, 0.3) is 0 Å². The Labute approximate surface area is 136 Å². The predicted molar refractivity (Wildman–Crippen MR) is 78.9 cm³/mol. The summed E-state index contributed by atoms with van der Waals surface area (Å²) in [5, 5.41) is 19.3. The van der Waals surface area contributed by atoms with Crippen LogP contribution in [0.4, 0.5) is 0 Å². The minimum absolute atomic E-state index is 0.0857. The summed E-state index contributed by atoms with van der Waals surface area (Å²) in [6, 6.07) is 5.10. The summed E-state index contributed by atoms with van der Waals surface area (Å²) in [6.07, 6.45) is 0.0115.